The van der Waals surface area contributed by atoms with Crippen molar-refractivity contribution in [1.82, 2.24) is 0 Å². The molecule has 0 fully saturated rings. The minimum Gasteiger partial charge on any atom is -0.756 e. The van der Waals surface area contributed by atoms with E-state index < -0.39 is 13.8 Å². The summed E-state index contributed by atoms with van der Waals surface area (Å²) in [5.41, 5.74) is 0.247. The molecule has 0 saturated heterocycles. The molecule has 0 amide bonds. The number of esters is 1. The Hall–Kier alpha value is -0.720. The summed E-state index contributed by atoms with van der Waals surface area (Å²) in [7, 11) is -4.35. The standard InChI is InChI=1S/C16H32NO6P/c1-6-17(7-2,8-3)11-9-10-12-22-24(19,20)23-14-13-21-16(18)15(4)5/h4,6-14H2,1-3,5H3. The van der Waals surface area contributed by atoms with E-state index in [0.717, 1.165) is 37.1 Å². The number of quaternary nitrogens is 1. The van der Waals surface area contributed by atoms with Gasteiger partial charge in [0, 0.05) is 5.57 Å². The predicted octanol–water partition coefficient (Wildman–Crippen LogP) is 2.26. The molecule has 0 aliphatic heterocycles. The van der Waals surface area contributed by atoms with Crippen LogP contribution in [0.3, 0.4) is 0 Å². The van der Waals surface area contributed by atoms with Gasteiger partial charge in [-0.25, -0.2) is 4.79 Å². The number of carbonyl (C=O) groups excluding carboxylic acids is 1. The number of ether oxygens (including phenoxy) is 1. The highest BCUT2D eigenvalue weighted by molar-refractivity contribution is 7.45. The van der Waals surface area contributed by atoms with Crippen LogP contribution in [0.5, 0.6) is 0 Å². The first-order chi connectivity index (χ1) is 11.2. The first-order valence-corrected chi connectivity index (χ1v) is 9.95. The Morgan fingerprint density at radius 2 is 1.58 bits per heavy atom. The van der Waals surface area contributed by atoms with Gasteiger partial charge in [-0.1, -0.05) is 6.58 Å². The van der Waals surface area contributed by atoms with Gasteiger partial charge in [-0.15, -0.1) is 0 Å². The molecule has 0 bridgehead atoms. The van der Waals surface area contributed by atoms with Crippen LogP contribution in [0.4, 0.5) is 0 Å². The number of hydrogen-bond acceptors (Lipinski definition) is 6. The predicted molar refractivity (Wildman–Crippen MR) is 91.3 cm³/mol. The molecule has 1 unspecified atom stereocenters. The number of nitrogens with zero attached hydrogens (tertiary/aromatic N) is 1. The molecule has 0 saturated carbocycles. The van der Waals surface area contributed by atoms with Crippen LogP contribution in [-0.2, 0) is 23.1 Å². The Labute approximate surface area is 145 Å². The summed E-state index contributed by atoms with van der Waals surface area (Å²) in [6, 6.07) is 0. The van der Waals surface area contributed by atoms with Crippen LogP contribution in [0, 0.1) is 0 Å². The molecular formula is C16H32NO6P. The van der Waals surface area contributed by atoms with E-state index in [9.17, 15) is 14.3 Å². The largest absolute Gasteiger partial charge is 0.756 e. The Morgan fingerprint density at radius 3 is 2.08 bits per heavy atom. The third kappa shape index (κ3) is 9.55. The Bertz CT molecular complexity index is 428. The van der Waals surface area contributed by atoms with Gasteiger partial charge in [0.15, 0.2) is 0 Å². The summed E-state index contributed by atoms with van der Waals surface area (Å²) < 4.78 is 26.8. The van der Waals surface area contributed by atoms with Crippen molar-refractivity contribution in [1.29, 1.82) is 0 Å². The second-order valence-corrected chi connectivity index (χ2v) is 7.16. The zero-order valence-electron chi connectivity index (χ0n) is 15.4. The van der Waals surface area contributed by atoms with Gasteiger partial charge < -0.3 is 23.2 Å². The van der Waals surface area contributed by atoms with Crippen LogP contribution >= 0.6 is 7.82 Å². The number of rotatable bonds is 14. The van der Waals surface area contributed by atoms with Crippen LogP contribution in [0.2, 0.25) is 0 Å². The Morgan fingerprint density at radius 1 is 1.04 bits per heavy atom. The highest BCUT2D eigenvalue weighted by Gasteiger charge is 2.19. The zero-order valence-corrected chi connectivity index (χ0v) is 16.3. The van der Waals surface area contributed by atoms with Crippen molar-refractivity contribution in [2.75, 3.05) is 46.0 Å². The normalized spacial score (nSPS) is 14.2. The molecule has 0 aromatic rings. The number of hydrogen-bond donors (Lipinski definition) is 0. The molecule has 0 aromatic heterocycles. The van der Waals surface area contributed by atoms with E-state index in [2.05, 4.69) is 31.9 Å². The molecule has 0 aromatic carbocycles. The van der Waals surface area contributed by atoms with Crippen molar-refractivity contribution in [2.24, 2.45) is 0 Å². The van der Waals surface area contributed by atoms with Crippen molar-refractivity contribution >= 4 is 13.8 Å². The third-order valence-corrected chi connectivity index (χ3v) is 5.20. The lowest BCUT2D eigenvalue weighted by atomic mass is 10.2. The van der Waals surface area contributed by atoms with Crippen molar-refractivity contribution in [2.45, 2.75) is 40.5 Å². The van der Waals surface area contributed by atoms with Gasteiger partial charge in [0.1, 0.15) is 6.61 Å². The van der Waals surface area contributed by atoms with Gasteiger partial charge in [-0.05, 0) is 40.5 Å². The summed E-state index contributed by atoms with van der Waals surface area (Å²) in [6.45, 7) is 15.3. The van der Waals surface area contributed by atoms with Crippen LogP contribution in [0.25, 0.3) is 0 Å². The summed E-state index contributed by atoms with van der Waals surface area (Å²) in [5.74, 6) is -0.579. The molecule has 0 spiro atoms. The quantitative estimate of drug-likeness (QED) is 0.154. The van der Waals surface area contributed by atoms with Gasteiger partial charge in [0.05, 0.1) is 39.4 Å². The maximum Gasteiger partial charge on any atom is 0.333 e. The second-order valence-electron chi connectivity index (χ2n) is 5.75. The van der Waals surface area contributed by atoms with Crippen LogP contribution in [-0.4, -0.2) is 56.5 Å². The first-order valence-electron chi connectivity index (χ1n) is 8.49. The van der Waals surface area contributed by atoms with E-state index in [0.29, 0.717) is 6.42 Å². The van der Waals surface area contributed by atoms with Crippen LogP contribution < -0.4 is 4.89 Å². The molecule has 1 atom stereocenters. The number of phosphoric ester groups is 1. The molecule has 24 heavy (non-hydrogen) atoms. The van der Waals surface area contributed by atoms with Gasteiger partial charge in [-0.2, -0.15) is 0 Å². The van der Waals surface area contributed by atoms with Crippen LogP contribution in [0.15, 0.2) is 12.2 Å². The van der Waals surface area contributed by atoms with E-state index in [4.69, 9.17) is 9.26 Å². The van der Waals surface area contributed by atoms with Gasteiger partial charge in [-0.3, -0.25) is 4.57 Å². The zero-order chi connectivity index (χ0) is 18.6. The Balaban J connectivity index is 3.90. The molecule has 0 aliphatic rings. The Kier molecular flexibility index (Phi) is 11.4. The number of phosphoric acid groups is 1. The average molecular weight is 365 g/mol. The van der Waals surface area contributed by atoms with Gasteiger partial charge in [0.2, 0.25) is 0 Å². The summed E-state index contributed by atoms with van der Waals surface area (Å²) in [5, 5.41) is 0. The first kappa shape index (κ1) is 23.3. The van der Waals surface area contributed by atoms with Gasteiger partial charge in [0.25, 0.3) is 7.82 Å². The SMILES string of the molecule is C=C(C)C(=O)OCCOP(=O)([O-])OCCCC[N+](CC)(CC)CC. The maximum absolute atomic E-state index is 11.6. The number of unbranched alkanes of at least 4 members (excludes halogenated alkanes) is 1. The topological polar surface area (TPSA) is 84.9 Å². The fraction of sp³-hybridized carbons (Fsp3) is 0.812. The molecular weight excluding hydrogens is 333 g/mol. The summed E-state index contributed by atoms with van der Waals surface area (Å²) in [6.07, 6.45) is 1.55. The highest BCUT2D eigenvalue weighted by atomic mass is 31.2. The molecule has 7 nitrogen and oxygen atoms in total. The van der Waals surface area contributed by atoms with Crippen molar-refractivity contribution < 1.29 is 32.5 Å². The minimum atomic E-state index is -4.35. The lowest BCUT2D eigenvalue weighted by Crippen LogP contribution is -2.48. The van der Waals surface area contributed by atoms with Crippen molar-refractivity contribution in [3.8, 4) is 0 Å². The smallest absolute Gasteiger partial charge is 0.333 e. The van der Waals surface area contributed by atoms with Crippen molar-refractivity contribution in [3.05, 3.63) is 12.2 Å². The van der Waals surface area contributed by atoms with E-state index >= 15 is 0 Å². The molecule has 0 N–H and O–H groups in total. The third-order valence-electron chi connectivity index (χ3n) is 4.20. The molecule has 0 aliphatic carbocycles. The summed E-state index contributed by atoms with van der Waals surface area (Å²) in [4.78, 5) is 22.7. The molecule has 0 radical (unpaired) electrons. The van der Waals surface area contributed by atoms with E-state index in [1.807, 2.05) is 0 Å². The second kappa shape index (κ2) is 11.8. The molecule has 0 rings (SSSR count). The fourth-order valence-electron chi connectivity index (χ4n) is 2.31. The summed E-state index contributed by atoms with van der Waals surface area (Å²) >= 11 is 0. The van der Waals surface area contributed by atoms with E-state index in [1.165, 1.54) is 6.92 Å². The lowest BCUT2D eigenvalue weighted by molar-refractivity contribution is -0.923. The number of carbonyl (C=O) groups is 1. The fourth-order valence-corrected chi connectivity index (χ4v) is 3.04. The van der Waals surface area contributed by atoms with E-state index in [-0.39, 0.29) is 25.4 Å². The van der Waals surface area contributed by atoms with Gasteiger partial charge >= 0.3 is 5.97 Å². The average Bonchev–Trinajstić information content (AvgIpc) is 2.55. The minimum absolute atomic E-state index is 0.101. The van der Waals surface area contributed by atoms with E-state index in [1.54, 1.807) is 0 Å². The monoisotopic (exact) mass is 365 g/mol. The molecule has 8 heteroatoms. The molecule has 0 heterocycles. The highest BCUT2D eigenvalue weighted by Crippen LogP contribution is 2.38. The lowest BCUT2D eigenvalue weighted by Gasteiger charge is -2.36. The van der Waals surface area contributed by atoms with Crippen molar-refractivity contribution in [3.63, 3.8) is 0 Å². The van der Waals surface area contributed by atoms with Crippen LogP contribution in [0.1, 0.15) is 40.5 Å². The maximum atomic E-state index is 11.6. The molecule has 142 valence electrons.